The van der Waals surface area contributed by atoms with Gasteiger partial charge in [-0.3, -0.25) is 4.98 Å². The van der Waals surface area contributed by atoms with Crippen molar-refractivity contribution in [2.45, 2.75) is 56.8 Å². The second kappa shape index (κ2) is 7.02. The summed E-state index contributed by atoms with van der Waals surface area (Å²) in [5, 5.41) is 33.8. The fourth-order valence-electron chi connectivity index (χ4n) is 4.01. The molecule has 1 saturated heterocycles. The third-order valence-electron chi connectivity index (χ3n) is 5.72. The van der Waals surface area contributed by atoms with E-state index in [1.807, 2.05) is 6.92 Å². The van der Waals surface area contributed by atoms with Crippen LogP contribution in [0.2, 0.25) is 0 Å². The van der Waals surface area contributed by atoms with E-state index in [1.54, 1.807) is 16.8 Å². The number of aliphatic hydroxyl groups is 3. The largest absolute Gasteiger partial charge is 0.385 e. The van der Waals surface area contributed by atoms with E-state index in [0.29, 0.717) is 5.65 Å². The van der Waals surface area contributed by atoms with Crippen LogP contribution in [0.3, 0.4) is 0 Å². The van der Waals surface area contributed by atoms with E-state index >= 15 is 0 Å². The fourth-order valence-corrected chi connectivity index (χ4v) is 4.01. The van der Waals surface area contributed by atoms with Crippen LogP contribution in [0.5, 0.6) is 0 Å². The summed E-state index contributed by atoms with van der Waals surface area (Å²) in [4.78, 5) is 12.3. The number of ether oxygens (including phenoxy) is 1. The number of pyridine rings is 1. The number of aliphatic hydroxyl groups excluding tert-OH is 1. The van der Waals surface area contributed by atoms with E-state index in [4.69, 9.17) is 4.74 Å². The number of hydrogen-bond donors (Lipinski definition) is 3. The van der Waals surface area contributed by atoms with Gasteiger partial charge in [0.15, 0.2) is 6.23 Å². The van der Waals surface area contributed by atoms with Crippen LogP contribution in [0, 0.1) is 6.92 Å². The molecule has 3 aromatic heterocycles. The molecule has 0 bridgehead atoms. The maximum atomic E-state index is 13.1. The Morgan fingerprint density at radius 1 is 1.27 bits per heavy atom. The maximum Gasteiger partial charge on any atom is 0.263 e. The second-order valence-corrected chi connectivity index (χ2v) is 7.92. The van der Waals surface area contributed by atoms with Crippen LogP contribution in [0.25, 0.3) is 11.0 Å². The number of rotatable bonds is 4. The summed E-state index contributed by atoms with van der Waals surface area (Å²) in [7, 11) is 0. The van der Waals surface area contributed by atoms with Crippen LogP contribution in [0.1, 0.15) is 43.5 Å². The number of aryl methyl sites for hydroxylation is 1. The first-order chi connectivity index (χ1) is 14.0. The van der Waals surface area contributed by atoms with E-state index in [2.05, 4.69) is 15.0 Å². The zero-order valence-electron chi connectivity index (χ0n) is 16.6. The normalized spacial score (nSPS) is 28.9. The van der Waals surface area contributed by atoms with Gasteiger partial charge in [0.25, 0.3) is 6.43 Å². The molecule has 30 heavy (non-hydrogen) atoms. The van der Waals surface area contributed by atoms with Gasteiger partial charge in [0.05, 0.1) is 11.4 Å². The highest BCUT2D eigenvalue weighted by atomic mass is 19.3. The summed E-state index contributed by atoms with van der Waals surface area (Å²) in [6.07, 6.45) is -2.47. The zero-order chi connectivity index (χ0) is 21.8. The average molecular weight is 420 g/mol. The van der Waals surface area contributed by atoms with Crippen LogP contribution in [0.4, 0.5) is 8.78 Å². The lowest BCUT2D eigenvalue weighted by atomic mass is 9.81. The first-order valence-electron chi connectivity index (χ1n) is 9.36. The molecule has 3 N–H and O–H groups in total. The van der Waals surface area contributed by atoms with Crippen molar-refractivity contribution in [2.24, 2.45) is 0 Å². The average Bonchev–Trinajstić information content (AvgIpc) is 3.22. The van der Waals surface area contributed by atoms with Crippen molar-refractivity contribution >= 4 is 11.0 Å². The molecule has 0 aromatic carbocycles. The molecule has 0 aliphatic carbocycles. The minimum atomic E-state index is -2.75. The van der Waals surface area contributed by atoms with Gasteiger partial charge in [0.1, 0.15) is 35.4 Å². The topological polar surface area (TPSA) is 114 Å². The second-order valence-electron chi connectivity index (χ2n) is 7.92. The first kappa shape index (κ1) is 20.7. The van der Waals surface area contributed by atoms with Crippen molar-refractivity contribution in [3.05, 3.63) is 53.9 Å². The van der Waals surface area contributed by atoms with Crippen molar-refractivity contribution in [2.75, 3.05) is 0 Å². The lowest BCUT2D eigenvalue weighted by Gasteiger charge is -2.36. The molecular formula is C20H22F2N4O4. The quantitative estimate of drug-likeness (QED) is 0.592. The molecule has 0 radical (unpaired) electrons. The van der Waals surface area contributed by atoms with Crippen LogP contribution < -0.4 is 0 Å². The molecule has 0 saturated carbocycles. The Kier molecular flexibility index (Phi) is 4.85. The Hall–Kier alpha value is -2.53. The Morgan fingerprint density at radius 2 is 2.00 bits per heavy atom. The highest BCUT2D eigenvalue weighted by Gasteiger charge is 2.60. The molecule has 1 aliphatic rings. The molecule has 0 unspecified atom stereocenters. The fraction of sp³-hybridized carbons (Fsp3) is 0.450. The van der Waals surface area contributed by atoms with Gasteiger partial charge in [-0.15, -0.1) is 0 Å². The third-order valence-corrected chi connectivity index (χ3v) is 5.72. The number of nitrogens with zero attached hydrogens (tertiary/aromatic N) is 4. The highest BCUT2D eigenvalue weighted by molar-refractivity contribution is 5.78. The van der Waals surface area contributed by atoms with E-state index in [9.17, 15) is 24.1 Å². The zero-order valence-corrected chi connectivity index (χ0v) is 16.6. The van der Waals surface area contributed by atoms with Gasteiger partial charge in [-0.05, 0) is 39.0 Å². The van der Waals surface area contributed by atoms with Crippen LogP contribution in [0.15, 0.2) is 36.9 Å². The smallest absolute Gasteiger partial charge is 0.263 e. The summed E-state index contributed by atoms with van der Waals surface area (Å²) in [5.74, 6) is 0. The summed E-state index contributed by atoms with van der Waals surface area (Å²) >= 11 is 0. The molecule has 0 amide bonds. The Labute approximate surface area is 170 Å². The van der Waals surface area contributed by atoms with E-state index in [-0.39, 0.29) is 11.3 Å². The van der Waals surface area contributed by atoms with Gasteiger partial charge in [-0.2, -0.15) is 0 Å². The molecule has 4 heterocycles. The van der Waals surface area contributed by atoms with Gasteiger partial charge in [-0.25, -0.2) is 18.7 Å². The molecule has 160 valence electrons. The van der Waals surface area contributed by atoms with Gasteiger partial charge < -0.3 is 24.6 Å². The van der Waals surface area contributed by atoms with Crippen molar-refractivity contribution < 1.29 is 28.8 Å². The lowest BCUT2D eigenvalue weighted by Crippen LogP contribution is -2.53. The first-order valence-corrected chi connectivity index (χ1v) is 9.36. The molecule has 4 rings (SSSR count). The van der Waals surface area contributed by atoms with E-state index < -0.39 is 36.1 Å². The molecule has 8 nitrogen and oxygen atoms in total. The highest BCUT2D eigenvalue weighted by Crippen LogP contribution is 2.45. The minimum absolute atomic E-state index is 0.103. The van der Waals surface area contributed by atoms with Crippen LogP contribution in [-0.4, -0.2) is 52.6 Å². The predicted molar refractivity (Wildman–Crippen MR) is 102 cm³/mol. The van der Waals surface area contributed by atoms with Crippen LogP contribution in [-0.2, 0) is 10.3 Å². The molecule has 10 heteroatoms. The van der Waals surface area contributed by atoms with Gasteiger partial charge in [-0.1, -0.05) is 0 Å². The maximum absolute atomic E-state index is 13.1. The molecular weight excluding hydrogens is 398 g/mol. The van der Waals surface area contributed by atoms with E-state index in [1.165, 1.54) is 20.2 Å². The predicted octanol–water partition coefficient (Wildman–Crippen LogP) is 1.99. The van der Waals surface area contributed by atoms with Crippen molar-refractivity contribution in [3.63, 3.8) is 0 Å². The standard InChI is InChI=1S/C20H22F2N4O4/c1-10-12-5-7-26(16(12)25-9-24-10)17-14(27)20(3,29)18(30-17)19(2,28)13-8-11(15(21)22)4-6-23-13/h4-9,14-15,17-18,27-29H,1-3H3/t14-,17+,18+,19+,20-/m0/s1. The Bertz CT molecular complexity index is 1090. The number of alkyl halides is 2. The van der Waals surface area contributed by atoms with Gasteiger partial charge in [0.2, 0.25) is 0 Å². The number of halogens is 2. The van der Waals surface area contributed by atoms with Crippen molar-refractivity contribution in [1.82, 2.24) is 19.5 Å². The molecule has 1 aliphatic heterocycles. The lowest BCUT2D eigenvalue weighted by molar-refractivity contribution is -0.163. The van der Waals surface area contributed by atoms with Crippen molar-refractivity contribution in [3.8, 4) is 0 Å². The Morgan fingerprint density at radius 3 is 2.70 bits per heavy atom. The molecule has 3 aromatic rings. The third kappa shape index (κ3) is 3.07. The van der Waals surface area contributed by atoms with Gasteiger partial charge >= 0.3 is 0 Å². The van der Waals surface area contributed by atoms with E-state index in [0.717, 1.165) is 29.4 Å². The number of aromatic nitrogens is 4. The molecule has 1 fully saturated rings. The Balaban J connectivity index is 1.74. The number of hydrogen-bond acceptors (Lipinski definition) is 7. The minimum Gasteiger partial charge on any atom is -0.385 e. The summed E-state index contributed by atoms with van der Waals surface area (Å²) in [5.41, 5.74) is -3.10. The van der Waals surface area contributed by atoms with Crippen LogP contribution >= 0.6 is 0 Å². The SMILES string of the molecule is Cc1ncnc2c1ccn2[C@@H]1O[C@H]([C@](C)(O)c2cc(C(F)F)ccn2)[C@@](C)(O)[C@H]1O. The monoisotopic (exact) mass is 420 g/mol. The summed E-state index contributed by atoms with van der Waals surface area (Å²) in [6, 6.07) is 3.96. The summed E-state index contributed by atoms with van der Waals surface area (Å²) in [6.45, 7) is 4.43. The number of fused-ring (bicyclic) bond motifs is 1. The molecule has 0 spiro atoms. The summed E-state index contributed by atoms with van der Waals surface area (Å²) < 4.78 is 33.7. The van der Waals surface area contributed by atoms with Gasteiger partial charge in [0, 0.05) is 23.3 Å². The molecule has 5 atom stereocenters. The van der Waals surface area contributed by atoms with Crippen molar-refractivity contribution in [1.29, 1.82) is 0 Å².